The first-order valence-corrected chi connectivity index (χ1v) is 12.0. The molecule has 2 amide bonds. The van der Waals surface area contributed by atoms with Gasteiger partial charge in [-0.15, -0.1) is 0 Å². The zero-order valence-corrected chi connectivity index (χ0v) is 20.2. The maximum Gasteiger partial charge on any atom is 0.241 e. The molecule has 0 aromatic heterocycles. The number of ketones is 2. The smallest absolute Gasteiger partial charge is 0.241 e. The number of anilines is 1. The lowest BCUT2D eigenvalue weighted by atomic mass is 9.77. The Morgan fingerprint density at radius 1 is 0.794 bits per heavy atom. The van der Waals surface area contributed by atoms with Crippen LogP contribution in [0.15, 0.2) is 72.8 Å². The van der Waals surface area contributed by atoms with Gasteiger partial charge >= 0.3 is 0 Å². The van der Waals surface area contributed by atoms with Crippen LogP contribution in [0.3, 0.4) is 0 Å². The minimum absolute atomic E-state index is 0.227. The van der Waals surface area contributed by atoms with Crippen LogP contribution in [0.2, 0.25) is 0 Å². The standard InChI is InChI=1S/C27H18INO5/c1-14-8-2-3-9-15(14)22-20-21(26(33)29(25(20)32)19-13-7-6-12-18(19)28)27(34-22)23(30)16-10-4-5-11-17(16)24(27)31/h2-13,20-22H,1H3/t20-,21-,22+/m0/s1. The molecule has 2 heterocycles. The molecule has 3 aromatic rings. The summed E-state index contributed by atoms with van der Waals surface area (Å²) in [5.41, 5.74) is 0.391. The third kappa shape index (κ3) is 2.59. The summed E-state index contributed by atoms with van der Waals surface area (Å²) >= 11 is 2.07. The molecule has 0 unspecified atom stereocenters. The zero-order chi connectivity index (χ0) is 23.8. The van der Waals surface area contributed by atoms with Gasteiger partial charge in [0.15, 0.2) is 0 Å². The van der Waals surface area contributed by atoms with Gasteiger partial charge in [-0.05, 0) is 52.8 Å². The summed E-state index contributed by atoms with van der Waals surface area (Å²) in [6.45, 7) is 1.88. The molecule has 2 aliphatic heterocycles. The van der Waals surface area contributed by atoms with Crippen molar-refractivity contribution in [2.45, 2.75) is 18.6 Å². The first kappa shape index (κ1) is 21.4. The van der Waals surface area contributed by atoms with E-state index in [4.69, 9.17) is 4.74 Å². The molecular weight excluding hydrogens is 545 g/mol. The van der Waals surface area contributed by atoms with E-state index in [2.05, 4.69) is 22.6 Å². The summed E-state index contributed by atoms with van der Waals surface area (Å²) in [7, 11) is 0. The Bertz CT molecular complexity index is 1390. The number of aryl methyl sites for hydroxylation is 1. The van der Waals surface area contributed by atoms with E-state index < -0.39 is 46.9 Å². The van der Waals surface area contributed by atoms with Crippen molar-refractivity contribution < 1.29 is 23.9 Å². The number of nitrogens with zero attached hydrogens (tertiary/aromatic N) is 1. The van der Waals surface area contributed by atoms with E-state index in [0.29, 0.717) is 11.3 Å². The zero-order valence-electron chi connectivity index (χ0n) is 18.0. The van der Waals surface area contributed by atoms with Gasteiger partial charge in [-0.1, -0.05) is 60.7 Å². The van der Waals surface area contributed by atoms with Crippen molar-refractivity contribution in [3.05, 3.63) is 98.6 Å². The van der Waals surface area contributed by atoms with E-state index >= 15 is 0 Å². The minimum Gasteiger partial charge on any atom is -0.349 e. The molecule has 0 bridgehead atoms. The Kier molecular flexibility index (Phi) is 4.66. The Morgan fingerprint density at radius 2 is 1.38 bits per heavy atom. The molecule has 7 heteroatoms. The van der Waals surface area contributed by atoms with Gasteiger partial charge in [0, 0.05) is 14.7 Å². The fraction of sp³-hybridized carbons (Fsp3) is 0.185. The first-order chi connectivity index (χ1) is 16.4. The molecule has 3 atom stereocenters. The van der Waals surface area contributed by atoms with Crippen molar-refractivity contribution in [3.8, 4) is 0 Å². The van der Waals surface area contributed by atoms with E-state index in [1.165, 1.54) is 0 Å². The monoisotopic (exact) mass is 563 g/mol. The molecule has 0 saturated carbocycles. The molecule has 2 saturated heterocycles. The van der Waals surface area contributed by atoms with Gasteiger partial charge in [-0.3, -0.25) is 19.2 Å². The van der Waals surface area contributed by atoms with Gasteiger partial charge in [0.05, 0.1) is 23.6 Å². The van der Waals surface area contributed by atoms with Gasteiger partial charge in [-0.25, -0.2) is 4.90 Å². The highest BCUT2D eigenvalue weighted by molar-refractivity contribution is 14.1. The highest BCUT2D eigenvalue weighted by Crippen LogP contribution is 2.58. The number of para-hydroxylation sites is 1. The predicted octanol–water partition coefficient (Wildman–Crippen LogP) is 4.29. The Morgan fingerprint density at radius 3 is 2.03 bits per heavy atom. The fourth-order valence-corrected chi connectivity index (χ4v) is 6.20. The molecule has 2 fully saturated rings. The maximum atomic E-state index is 13.9. The number of rotatable bonds is 2. The molecule has 6 rings (SSSR count). The van der Waals surface area contributed by atoms with Crippen LogP contribution >= 0.6 is 22.6 Å². The second-order valence-electron chi connectivity index (χ2n) is 8.80. The van der Waals surface area contributed by atoms with Gasteiger partial charge in [0.1, 0.15) is 0 Å². The summed E-state index contributed by atoms with van der Waals surface area (Å²) in [6.07, 6.45) is -0.906. The minimum atomic E-state index is -2.05. The number of fused-ring (bicyclic) bond motifs is 3. The van der Waals surface area contributed by atoms with Crippen LogP contribution in [0.1, 0.15) is 37.9 Å². The van der Waals surface area contributed by atoms with Gasteiger partial charge in [-0.2, -0.15) is 0 Å². The van der Waals surface area contributed by atoms with Crippen molar-refractivity contribution in [2.24, 2.45) is 11.8 Å². The quantitative estimate of drug-likeness (QED) is 0.264. The number of amides is 2. The Hall–Kier alpha value is -3.17. The molecule has 34 heavy (non-hydrogen) atoms. The lowest BCUT2D eigenvalue weighted by Crippen LogP contribution is -2.51. The SMILES string of the molecule is Cc1ccccc1[C@H]1OC2(C(=O)c3ccccc3C2=O)[C@@H]2C(=O)N(c3ccccc3I)C(=O)[C@H]12. The summed E-state index contributed by atoms with van der Waals surface area (Å²) < 4.78 is 7.06. The number of carbonyl (C=O) groups excluding carboxylic acids is 4. The molecule has 1 aliphatic carbocycles. The molecule has 168 valence electrons. The van der Waals surface area contributed by atoms with Crippen LogP contribution in [0.5, 0.6) is 0 Å². The van der Waals surface area contributed by atoms with E-state index in [1.807, 2.05) is 37.3 Å². The van der Waals surface area contributed by atoms with Gasteiger partial charge in [0.25, 0.3) is 0 Å². The van der Waals surface area contributed by atoms with Crippen molar-refractivity contribution in [2.75, 3.05) is 4.90 Å². The second kappa shape index (κ2) is 7.41. The summed E-state index contributed by atoms with van der Waals surface area (Å²) in [4.78, 5) is 56.5. The van der Waals surface area contributed by atoms with E-state index in [0.717, 1.165) is 14.0 Å². The molecule has 0 N–H and O–H groups in total. The largest absolute Gasteiger partial charge is 0.349 e. The molecule has 1 spiro atoms. The normalized spacial score (nSPS) is 24.8. The molecule has 6 nitrogen and oxygen atoms in total. The number of hydrogen-bond acceptors (Lipinski definition) is 5. The Labute approximate surface area is 209 Å². The molecule has 0 radical (unpaired) electrons. The number of ether oxygens (including phenoxy) is 1. The number of imide groups is 1. The van der Waals surface area contributed by atoms with Gasteiger partial charge < -0.3 is 4.74 Å². The van der Waals surface area contributed by atoms with Crippen LogP contribution in [-0.4, -0.2) is 29.0 Å². The summed E-state index contributed by atoms with van der Waals surface area (Å²) in [6, 6.07) is 20.9. The lowest BCUT2D eigenvalue weighted by Gasteiger charge is -2.28. The highest BCUT2D eigenvalue weighted by Gasteiger charge is 2.74. The lowest BCUT2D eigenvalue weighted by molar-refractivity contribution is -0.127. The van der Waals surface area contributed by atoms with Crippen LogP contribution in [-0.2, 0) is 14.3 Å². The highest BCUT2D eigenvalue weighted by atomic mass is 127. The first-order valence-electron chi connectivity index (χ1n) is 10.9. The van der Waals surface area contributed by atoms with Crippen LogP contribution < -0.4 is 4.90 Å². The number of hydrogen-bond donors (Lipinski definition) is 0. The average Bonchev–Trinajstić information content (AvgIpc) is 3.40. The van der Waals surface area contributed by atoms with E-state index in [9.17, 15) is 19.2 Å². The van der Waals surface area contributed by atoms with Crippen molar-refractivity contribution in [1.29, 1.82) is 0 Å². The third-order valence-corrected chi connectivity index (χ3v) is 8.02. The summed E-state index contributed by atoms with van der Waals surface area (Å²) in [5, 5.41) is 0. The number of benzene rings is 3. The third-order valence-electron chi connectivity index (χ3n) is 7.11. The topological polar surface area (TPSA) is 80.8 Å². The fourth-order valence-electron chi connectivity index (χ4n) is 5.58. The Balaban J connectivity index is 1.58. The van der Waals surface area contributed by atoms with Crippen molar-refractivity contribution in [1.82, 2.24) is 0 Å². The van der Waals surface area contributed by atoms with Gasteiger partial charge in [0.2, 0.25) is 29.0 Å². The average molecular weight is 563 g/mol. The second-order valence-corrected chi connectivity index (χ2v) is 9.96. The van der Waals surface area contributed by atoms with Crippen LogP contribution in [0.25, 0.3) is 0 Å². The van der Waals surface area contributed by atoms with Crippen LogP contribution in [0.4, 0.5) is 5.69 Å². The van der Waals surface area contributed by atoms with E-state index in [-0.39, 0.29) is 11.1 Å². The molecule has 3 aliphatic rings. The molecule has 3 aromatic carbocycles. The predicted molar refractivity (Wildman–Crippen MR) is 131 cm³/mol. The molecular formula is C27H18INO5. The number of Topliss-reactive ketones (excluding diaryl/α,β-unsaturated/α-hetero) is 2. The van der Waals surface area contributed by atoms with Crippen molar-refractivity contribution >= 4 is 51.7 Å². The number of carbonyl (C=O) groups is 4. The summed E-state index contributed by atoms with van der Waals surface area (Å²) in [5.74, 6) is -4.37. The maximum absolute atomic E-state index is 13.9. The van der Waals surface area contributed by atoms with E-state index in [1.54, 1.807) is 42.5 Å². The number of halogens is 1. The van der Waals surface area contributed by atoms with Crippen LogP contribution in [0, 0.1) is 22.3 Å². The van der Waals surface area contributed by atoms with Crippen molar-refractivity contribution in [3.63, 3.8) is 0 Å².